The molecular weight excluding hydrogens is 315 g/mol. The summed E-state index contributed by atoms with van der Waals surface area (Å²) in [5.41, 5.74) is -0.364. The Morgan fingerprint density at radius 3 is 1.76 bits per heavy atom. The van der Waals surface area contributed by atoms with Crippen LogP contribution in [0.15, 0.2) is 84.9 Å². The molecule has 0 bridgehead atoms. The summed E-state index contributed by atoms with van der Waals surface area (Å²) in [6, 6.07) is 23.9. The van der Waals surface area contributed by atoms with Crippen molar-refractivity contribution in [2.45, 2.75) is 11.7 Å². The predicted molar refractivity (Wildman–Crippen MR) is 95.0 cm³/mol. The molecule has 0 saturated carbocycles. The zero-order valence-corrected chi connectivity index (χ0v) is 13.4. The summed E-state index contributed by atoms with van der Waals surface area (Å²) in [4.78, 5) is 0. The van der Waals surface area contributed by atoms with Crippen molar-refractivity contribution in [3.8, 4) is 11.8 Å². The average molecular weight is 332 g/mol. The summed E-state index contributed by atoms with van der Waals surface area (Å²) in [5.74, 6) is 4.80. The number of rotatable bonds is 3. The SMILES string of the molecule is O[C@@H](C#CC(O)(c1ccccc1)c1ccccc1)c1ccccc1F. The van der Waals surface area contributed by atoms with E-state index in [4.69, 9.17) is 0 Å². The zero-order valence-electron chi connectivity index (χ0n) is 13.4. The molecule has 0 radical (unpaired) electrons. The van der Waals surface area contributed by atoms with E-state index in [0.29, 0.717) is 11.1 Å². The van der Waals surface area contributed by atoms with Crippen LogP contribution < -0.4 is 0 Å². The van der Waals surface area contributed by atoms with Crippen LogP contribution in [-0.2, 0) is 5.60 Å². The number of benzene rings is 3. The van der Waals surface area contributed by atoms with Gasteiger partial charge in [-0.15, -0.1) is 0 Å². The number of hydrogen-bond acceptors (Lipinski definition) is 2. The quantitative estimate of drug-likeness (QED) is 0.716. The van der Waals surface area contributed by atoms with Crippen LogP contribution in [0.25, 0.3) is 0 Å². The molecule has 3 rings (SSSR count). The van der Waals surface area contributed by atoms with E-state index in [0.717, 1.165) is 0 Å². The molecule has 0 aromatic heterocycles. The molecule has 0 aliphatic heterocycles. The molecule has 3 aromatic carbocycles. The Balaban J connectivity index is 2.05. The van der Waals surface area contributed by atoms with Crippen LogP contribution in [0.3, 0.4) is 0 Å². The molecule has 0 saturated heterocycles. The van der Waals surface area contributed by atoms with E-state index >= 15 is 0 Å². The lowest BCUT2D eigenvalue weighted by Gasteiger charge is -2.23. The molecule has 0 spiro atoms. The van der Waals surface area contributed by atoms with Crippen molar-refractivity contribution >= 4 is 0 Å². The monoisotopic (exact) mass is 332 g/mol. The highest BCUT2D eigenvalue weighted by Crippen LogP contribution is 2.29. The van der Waals surface area contributed by atoms with Crippen molar-refractivity contribution in [2.24, 2.45) is 0 Å². The van der Waals surface area contributed by atoms with Crippen LogP contribution >= 0.6 is 0 Å². The van der Waals surface area contributed by atoms with Crippen molar-refractivity contribution in [1.29, 1.82) is 0 Å². The molecule has 0 aliphatic carbocycles. The number of aliphatic hydroxyl groups is 2. The van der Waals surface area contributed by atoms with Gasteiger partial charge in [-0.05, 0) is 6.07 Å². The third-order valence-electron chi connectivity index (χ3n) is 3.97. The molecule has 124 valence electrons. The Hall–Kier alpha value is -2.93. The van der Waals surface area contributed by atoms with Gasteiger partial charge in [-0.25, -0.2) is 4.39 Å². The smallest absolute Gasteiger partial charge is 0.176 e. The molecule has 0 amide bonds. The normalized spacial score (nSPS) is 12.1. The molecule has 3 heteroatoms. The summed E-state index contributed by atoms with van der Waals surface area (Å²) in [6.45, 7) is 0. The van der Waals surface area contributed by atoms with Gasteiger partial charge in [0.15, 0.2) is 5.60 Å². The van der Waals surface area contributed by atoms with Gasteiger partial charge in [0.05, 0.1) is 0 Å². The average Bonchev–Trinajstić information content (AvgIpc) is 2.67. The van der Waals surface area contributed by atoms with Crippen molar-refractivity contribution in [1.82, 2.24) is 0 Å². The summed E-state index contributed by atoms with van der Waals surface area (Å²) in [7, 11) is 0. The Bertz CT molecular complexity index is 856. The van der Waals surface area contributed by atoms with Gasteiger partial charge in [0.25, 0.3) is 0 Å². The van der Waals surface area contributed by atoms with Gasteiger partial charge in [0, 0.05) is 16.7 Å². The summed E-state index contributed by atoms with van der Waals surface area (Å²) < 4.78 is 13.8. The van der Waals surface area contributed by atoms with E-state index in [-0.39, 0.29) is 5.56 Å². The molecule has 2 N–H and O–H groups in total. The molecule has 0 aliphatic rings. The van der Waals surface area contributed by atoms with Crippen LogP contribution in [0.4, 0.5) is 4.39 Å². The summed E-state index contributed by atoms with van der Waals surface area (Å²) >= 11 is 0. The lowest BCUT2D eigenvalue weighted by Crippen LogP contribution is -2.25. The maximum atomic E-state index is 13.8. The summed E-state index contributed by atoms with van der Waals surface area (Å²) in [6.07, 6.45) is -1.33. The molecule has 0 unspecified atom stereocenters. The highest BCUT2D eigenvalue weighted by Gasteiger charge is 2.29. The first-order chi connectivity index (χ1) is 12.1. The van der Waals surface area contributed by atoms with Crippen molar-refractivity contribution in [3.63, 3.8) is 0 Å². The van der Waals surface area contributed by atoms with Crippen LogP contribution in [0, 0.1) is 17.7 Å². The Morgan fingerprint density at radius 1 is 0.760 bits per heavy atom. The van der Waals surface area contributed by atoms with Crippen molar-refractivity contribution in [2.75, 3.05) is 0 Å². The van der Waals surface area contributed by atoms with Crippen LogP contribution in [-0.4, -0.2) is 10.2 Å². The number of halogens is 1. The van der Waals surface area contributed by atoms with Gasteiger partial charge in [0.2, 0.25) is 0 Å². The van der Waals surface area contributed by atoms with Gasteiger partial charge in [0.1, 0.15) is 11.9 Å². The number of aliphatic hydroxyl groups excluding tert-OH is 1. The van der Waals surface area contributed by atoms with Gasteiger partial charge < -0.3 is 10.2 Å². The predicted octanol–water partition coefficient (Wildman–Crippen LogP) is 3.80. The van der Waals surface area contributed by atoms with E-state index in [2.05, 4.69) is 11.8 Å². The molecule has 0 fully saturated rings. The number of hydrogen-bond donors (Lipinski definition) is 2. The second kappa shape index (κ2) is 7.31. The largest absolute Gasteiger partial charge is 0.376 e. The Labute approximate surface area is 146 Å². The van der Waals surface area contributed by atoms with E-state index in [9.17, 15) is 14.6 Å². The second-order valence-electron chi connectivity index (χ2n) is 5.64. The molecule has 2 nitrogen and oxygen atoms in total. The van der Waals surface area contributed by atoms with Crippen molar-refractivity contribution in [3.05, 3.63) is 107 Å². The fourth-order valence-electron chi connectivity index (χ4n) is 2.62. The minimum atomic E-state index is -1.60. The highest BCUT2D eigenvalue weighted by molar-refractivity contribution is 5.45. The Morgan fingerprint density at radius 2 is 1.24 bits per heavy atom. The topological polar surface area (TPSA) is 40.5 Å². The third-order valence-corrected chi connectivity index (χ3v) is 3.97. The lowest BCUT2D eigenvalue weighted by atomic mass is 9.86. The minimum Gasteiger partial charge on any atom is -0.376 e. The first kappa shape index (κ1) is 16.9. The lowest BCUT2D eigenvalue weighted by molar-refractivity contribution is 0.144. The van der Waals surface area contributed by atoms with E-state index in [1.165, 1.54) is 12.1 Å². The minimum absolute atomic E-state index is 0.0819. The van der Waals surface area contributed by atoms with Gasteiger partial charge in [-0.3, -0.25) is 0 Å². The fraction of sp³-hybridized carbons (Fsp3) is 0.0909. The maximum absolute atomic E-state index is 13.8. The van der Waals surface area contributed by atoms with Crippen LogP contribution in [0.5, 0.6) is 0 Å². The zero-order chi connectivity index (χ0) is 17.7. The van der Waals surface area contributed by atoms with E-state index in [1.54, 1.807) is 60.7 Å². The second-order valence-corrected chi connectivity index (χ2v) is 5.64. The van der Waals surface area contributed by atoms with Crippen LogP contribution in [0.1, 0.15) is 22.8 Å². The molecule has 0 heterocycles. The summed E-state index contributed by atoms with van der Waals surface area (Å²) in [5, 5.41) is 21.5. The van der Waals surface area contributed by atoms with Crippen molar-refractivity contribution < 1.29 is 14.6 Å². The molecule has 1 atom stereocenters. The maximum Gasteiger partial charge on any atom is 0.176 e. The van der Waals surface area contributed by atoms with Gasteiger partial charge >= 0.3 is 0 Å². The third kappa shape index (κ3) is 3.61. The molecular formula is C22H17FO2. The first-order valence-electron chi connectivity index (χ1n) is 7.90. The van der Waals surface area contributed by atoms with Gasteiger partial charge in [-0.2, -0.15) is 0 Å². The highest BCUT2D eigenvalue weighted by atomic mass is 19.1. The standard InChI is InChI=1S/C22H17FO2/c23-20-14-8-7-13-19(20)21(24)15-16-22(25,17-9-3-1-4-10-17)18-11-5-2-6-12-18/h1-14,21,24-25H/t21-/m0/s1. The Kier molecular flexibility index (Phi) is 4.95. The molecule has 3 aromatic rings. The first-order valence-corrected chi connectivity index (χ1v) is 7.90. The fourth-order valence-corrected chi connectivity index (χ4v) is 2.62. The van der Waals surface area contributed by atoms with Crippen LogP contribution in [0.2, 0.25) is 0 Å². The van der Waals surface area contributed by atoms with E-state index < -0.39 is 17.5 Å². The van der Waals surface area contributed by atoms with E-state index in [1.807, 2.05) is 12.1 Å². The molecule has 25 heavy (non-hydrogen) atoms. The van der Waals surface area contributed by atoms with Gasteiger partial charge in [-0.1, -0.05) is 90.7 Å².